The van der Waals surface area contributed by atoms with Gasteiger partial charge in [0.05, 0.1) is 16.5 Å². The Morgan fingerprint density at radius 1 is 1.24 bits per heavy atom. The van der Waals surface area contributed by atoms with Crippen LogP contribution in [0.2, 0.25) is 0 Å². The highest BCUT2D eigenvalue weighted by atomic mass is 32.2. The number of nitrogens with one attached hydrogen (secondary N) is 1. The van der Waals surface area contributed by atoms with Crippen molar-refractivity contribution in [1.29, 1.82) is 0 Å². The lowest BCUT2D eigenvalue weighted by atomic mass is 10.2. The van der Waals surface area contributed by atoms with Crippen molar-refractivity contribution in [3.63, 3.8) is 0 Å². The Morgan fingerprint density at radius 3 is 2.69 bits per heavy atom. The zero-order chi connectivity index (χ0) is 20.8. The Bertz CT molecular complexity index is 1020. The van der Waals surface area contributed by atoms with Gasteiger partial charge in [0.15, 0.2) is 11.0 Å². The van der Waals surface area contributed by atoms with Crippen LogP contribution in [-0.2, 0) is 11.3 Å². The average Bonchev–Trinajstić information content (AvgIpc) is 3.11. The van der Waals surface area contributed by atoms with Gasteiger partial charge in [-0.05, 0) is 37.4 Å². The van der Waals surface area contributed by atoms with Crippen molar-refractivity contribution in [2.75, 3.05) is 11.6 Å². The van der Waals surface area contributed by atoms with Gasteiger partial charge in [-0.2, -0.15) is 0 Å². The third-order valence-electron chi connectivity index (χ3n) is 4.16. The van der Waals surface area contributed by atoms with Gasteiger partial charge in [-0.15, -0.1) is 28.5 Å². The van der Waals surface area contributed by atoms with Gasteiger partial charge in [-0.3, -0.25) is 9.36 Å². The average molecular weight is 429 g/mol. The molecule has 0 saturated heterocycles. The Kier molecular flexibility index (Phi) is 7.11. The first-order chi connectivity index (χ1) is 14.0. The molecule has 0 spiro atoms. The van der Waals surface area contributed by atoms with Gasteiger partial charge in [0.25, 0.3) is 0 Å². The molecule has 1 atom stereocenters. The van der Waals surface area contributed by atoms with Crippen LogP contribution in [0.25, 0.3) is 11.4 Å². The molecule has 29 heavy (non-hydrogen) atoms. The van der Waals surface area contributed by atoms with E-state index in [2.05, 4.69) is 22.1 Å². The van der Waals surface area contributed by atoms with Gasteiger partial charge < -0.3 is 5.32 Å². The molecule has 0 bridgehead atoms. The molecule has 3 rings (SSSR count). The number of thioether (sulfide) groups is 2. The van der Waals surface area contributed by atoms with E-state index < -0.39 is 5.25 Å². The maximum Gasteiger partial charge on any atom is 0.237 e. The van der Waals surface area contributed by atoms with Crippen molar-refractivity contribution in [3.8, 4) is 11.4 Å². The van der Waals surface area contributed by atoms with E-state index in [0.717, 1.165) is 10.6 Å². The summed E-state index contributed by atoms with van der Waals surface area (Å²) in [7, 11) is 0. The number of halogens is 1. The minimum atomic E-state index is -0.425. The third kappa shape index (κ3) is 4.89. The molecule has 0 aliphatic rings. The highest BCUT2D eigenvalue weighted by molar-refractivity contribution is 8.00. The molecule has 3 aromatic rings. The van der Waals surface area contributed by atoms with Crippen molar-refractivity contribution in [2.24, 2.45) is 0 Å². The zero-order valence-corrected chi connectivity index (χ0v) is 17.8. The zero-order valence-electron chi connectivity index (χ0n) is 16.1. The van der Waals surface area contributed by atoms with Gasteiger partial charge in [-0.1, -0.05) is 42.1 Å². The number of hydrogen-bond donors (Lipinski definition) is 1. The van der Waals surface area contributed by atoms with Crippen LogP contribution >= 0.6 is 23.5 Å². The van der Waals surface area contributed by atoms with Gasteiger partial charge >= 0.3 is 0 Å². The van der Waals surface area contributed by atoms with Crippen LogP contribution in [0.4, 0.5) is 10.1 Å². The molecule has 1 amide bonds. The molecular formula is C21H21FN4OS2. The lowest BCUT2D eigenvalue weighted by Gasteiger charge is -2.14. The molecule has 2 aromatic carbocycles. The summed E-state index contributed by atoms with van der Waals surface area (Å²) in [6, 6.07) is 14.1. The fraction of sp³-hybridized carbons (Fsp3) is 0.190. The summed E-state index contributed by atoms with van der Waals surface area (Å²) < 4.78 is 16.0. The first-order valence-corrected chi connectivity index (χ1v) is 11.0. The summed E-state index contributed by atoms with van der Waals surface area (Å²) in [5, 5.41) is 11.4. The van der Waals surface area contributed by atoms with E-state index in [1.165, 1.54) is 17.8 Å². The molecule has 0 radical (unpaired) electrons. The van der Waals surface area contributed by atoms with E-state index >= 15 is 0 Å². The Balaban J connectivity index is 1.81. The molecule has 1 heterocycles. The molecule has 1 unspecified atom stereocenters. The van der Waals surface area contributed by atoms with Gasteiger partial charge in [-0.25, -0.2) is 4.39 Å². The smallest absolute Gasteiger partial charge is 0.237 e. The number of allylic oxidation sites excluding steroid dienone is 1. The molecule has 8 heteroatoms. The molecule has 0 aliphatic carbocycles. The number of carbonyl (C=O) groups is 1. The van der Waals surface area contributed by atoms with Crippen LogP contribution < -0.4 is 5.32 Å². The Morgan fingerprint density at radius 2 is 1.97 bits per heavy atom. The highest BCUT2D eigenvalue weighted by Crippen LogP contribution is 2.30. The van der Waals surface area contributed by atoms with Crippen molar-refractivity contribution >= 4 is 35.1 Å². The number of hydrogen-bond acceptors (Lipinski definition) is 5. The normalized spacial score (nSPS) is 11.8. The Labute approximate surface area is 177 Å². The summed E-state index contributed by atoms with van der Waals surface area (Å²) in [4.78, 5) is 13.7. The summed E-state index contributed by atoms with van der Waals surface area (Å²) in [6.45, 7) is 5.97. The number of benzene rings is 2. The SMILES string of the molecule is C=CCn1c(SC(C)C(=O)Nc2ccccc2SC)nnc1-c1ccccc1F. The lowest BCUT2D eigenvalue weighted by Crippen LogP contribution is -2.23. The maximum atomic E-state index is 14.2. The fourth-order valence-corrected chi connectivity index (χ4v) is 4.12. The predicted octanol–water partition coefficient (Wildman–Crippen LogP) is 5.11. The summed E-state index contributed by atoms with van der Waals surface area (Å²) in [5.74, 6) is -0.107. The predicted molar refractivity (Wildman–Crippen MR) is 118 cm³/mol. The number of carbonyl (C=O) groups excluding carboxylic acids is 1. The summed E-state index contributed by atoms with van der Waals surface area (Å²) in [5.41, 5.74) is 1.14. The minimum absolute atomic E-state index is 0.142. The maximum absolute atomic E-state index is 14.2. The molecular weight excluding hydrogens is 407 g/mol. The number of nitrogens with zero attached hydrogens (tertiary/aromatic N) is 3. The van der Waals surface area contributed by atoms with E-state index in [-0.39, 0.29) is 11.7 Å². The van der Waals surface area contributed by atoms with Crippen LogP contribution in [0.1, 0.15) is 6.92 Å². The second-order valence-corrected chi connectivity index (χ2v) is 8.29. The van der Waals surface area contributed by atoms with Crippen molar-refractivity contribution in [3.05, 3.63) is 67.0 Å². The van der Waals surface area contributed by atoms with E-state index in [1.54, 1.807) is 47.5 Å². The first kappa shape index (κ1) is 21.1. The summed E-state index contributed by atoms with van der Waals surface area (Å²) >= 11 is 2.84. The van der Waals surface area contributed by atoms with Gasteiger partial charge in [0, 0.05) is 11.4 Å². The molecule has 0 fully saturated rings. The van der Waals surface area contributed by atoms with Crippen molar-refractivity contribution in [1.82, 2.24) is 14.8 Å². The van der Waals surface area contributed by atoms with E-state index in [4.69, 9.17) is 0 Å². The van der Waals surface area contributed by atoms with Gasteiger partial charge in [0.1, 0.15) is 5.82 Å². The first-order valence-electron chi connectivity index (χ1n) is 8.94. The van der Waals surface area contributed by atoms with Crippen LogP contribution in [-0.4, -0.2) is 32.2 Å². The fourth-order valence-electron chi connectivity index (χ4n) is 2.71. The summed E-state index contributed by atoms with van der Waals surface area (Å²) in [6.07, 6.45) is 3.66. The molecule has 1 aromatic heterocycles. The van der Waals surface area contributed by atoms with E-state index in [1.807, 2.05) is 30.5 Å². The molecule has 150 valence electrons. The topological polar surface area (TPSA) is 59.8 Å². The second-order valence-electron chi connectivity index (χ2n) is 6.13. The number of para-hydroxylation sites is 1. The number of aromatic nitrogens is 3. The van der Waals surface area contributed by atoms with Gasteiger partial charge in [0.2, 0.25) is 5.91 Å². The lowest BCUT2D eigenvalue weighted by molar-refractivity contribution is -0.115. The van der Waals surface area contributed by atoms with Crippen LogP contribution in [0.3, 0.4) is 0 Å². The molecule has 0 saturated carbocycles. The largest absolute Gasteiger partial charge is 0.324 e. The highest BCUT2D eigenvalue weighted by Gasteiger charge is 2.22. The van der Waals surface area contributed by atoms with Crippen LogP contribution in [0.5, 0.6) is 0 Å². The second kappa shape index (κ2) is 9.76. The third-order valence-corrected chi connectivity index (χ3v) is 6.04. The van der Waals surface area contributed by atoms with Crippen LogP contribution in [0.15, 0.2) is 71.2 Å². The molecule has 5 nitrogen and oxygen atoms in total. The number of rotatable bonds is 8. The van der Waals surface area contributed by atoms with E-state index in [0.29, 0.717) is 23.1 Å². The molecule has 0 aliphatic heterocycles. The quantitative estimate of drug-likeness (QED) is 0.399. The van der Waals surface area contributed by atoms with Crippen molar-refractivity contribution < 1.29 is 9.18 Å². The Hall–Kier alpha value is -2.58. The standard InChI is InChI=1S/C21H21FN4OS2/c1-4-13-26-19(15-9-5-6-10-16(15)22)24-25-21(26)29-14(2)20(27)23-17-11-7-8-12-18(17)28-3/h4-12,14H,1,13H2,2-3H3,(H,23,27). The number of amides is 1. The van der Waals surface area contributed by atoms with Crippen molar-refractivity contribution in [2.45, 2.75) is 28.8 Å². The monoisotopic (exact) mass is 428 g/mol. The van der Waals surface area contributed by atoms with E-state index in [9.17, 15) is 9.18 Å². The minimum Gasteiger partial charge on any atom is -0.324 e. The number of anilines is 1. The van der Waals surface area contributed by atoms with Crippen LogP contribution in [0, 0.1) is 5.82 Å². The molecule has 1 N–H and O–H groups in total.